The van der Waals surface area contributed by atoms with Crippen LogP contribution >= 0.6 is 11.3 Å². The molecule has 1 aliphatic rings. The van der Waals surface area contributed by atoms with Crippen molar-refractivity contribution < 1.29 is 27.5 Å². The normalized spacial score (nSPS) is 13.2. The van der Waals surface area contributed by atoms with E-state index in [1.165, 1.54) is 36.0 Å². The number of benzene rings is 2. The highest BCUT2D eigenvalue weighted by atomic mass is 32.1. The summed E-state index contributed by atoms with van der Waals surface area (Å²) in [4.78, 5) is 44.2. The van der Waals surface area contributed by atoms with Crippen molar-refractivity contribution in [3.05, 3.63) is 90.6 Å². The highest BCUT2D eigenvalue weighted by molar-refractivity contribution is 7.19. The molecule has 0 radical (unpaired) electrons. The molecule has 5 aromatic rings. The Morgan fingerprint density at radius 3 is 2.33 bits per heavy atom. The van der Waals surface area contributed by atoms with E-state index in [9.17, 15) is 22.8 Å². The van der Waals surface area contributed by atoms with Gasteiger partial charge in [0.2, 0.25) is 5.91 Å². The molecular weight excluding hydrogens is 607 g/mol. The maximum atomic E-state index is 13.4. The van der Waals surface area contributed by atoms with Crippen LogP contribution in [0.1, 0.15) is 24.1 Å². The van der Waals surface area contributed by atoms with Gasteiger partial charge in [0.05, 0.1) is 34.2 Å². The topological polar surface area (TPSA) is 122 Å². The van der Waals surface area contributed by atoms with Gasteiger partial charge in [0.1, 0.15) is 5.75 Å². The molecule has 3 aromatic heterocycles. The number of aromatic nitrogens is 4. The molecule has 1 aliphatic heterocycles. The zero-order valence-corrected chi connectivity index (χ0v) is 24.4. The summed E-state index contributed by atoms with van der Waals surface area (Å²) in [6, 6.07) is 13.0. The van der Waals surface area contributed by atoms with E-state index in [2.05, 4.69) is 30.6 Å². The summed E-state index contributed by atoms with van der Waals surface area (Å²) in [5.74, 6) is 0.557. The maximum Gasteiger partial charge on any atom is 0.416 e. The van der Waals surface area contributed by atoms with E-state index < -0.39 is 17.8 Å². The van der Waals surface area contributed by atoms with Crippen molar-refractivity contribution in [3.8, 4) is 33.3 Å². The number of carbonyl (C=O) groups is 2. The van der Waals surface area contributed by atoms with Gasteiger partial charge in [-0.2, -0.15) is 13.2 Å². The lowest BCUT2D eigenvalue weighted by Crippen LogP contribution is -2.23. The molecule has 45 heavy (non-hydrogen) atoms. The Morgan fingerprint density at radius 1 is 0.911 bits per heavy atom. The minimum atomic E-state index is -4.60. The SMILES string of the molecule is Cc1ccc(-c2ccc(C(F)(F)F)cc2NC(=O)Nc2cnc(Oc3ccc(-c4cnc(N5CCCC5=O)s4)cc3)nc2)cn1. The number of hydrogen-bond donors (Lipinski definition) is 2. The monoisotopic (exact) mass is 631 g/mol. The summed E-state index contributed by atoms with van der Waals surface area (Å²) in [5, 5.41) is 5.69. The molecule has 1 saturated heterocycles. The maximum absolute atomic E-state index is 13.4. The van der Waals surface area contributed by atoms with Gasteiger partial charge in [0.25, 0.3) is 0 Å². The van der Waals surface area contributed by atoms with Crippen molar-refractivity contribution in [1.29, 1.82) is 0 Å². The molecule has 0 atom stereocenters. The number of aryl methyl sites for hydroxylation is 1. The Balaban J connectivity index is 1.09. The van der Waals surface area contributed by atoms with Gasteiger partial charge in [-0.25, -0.2) is 19.7 Å². The third-order valence-corrected chi connectivity index (χ3v) is 7.92. The summed E-state index contributed by atoms with van der Waals surface area (Å²) < 4.78 is 46.0. The van der Waals surface area contributed by atoms with Crippen molar-refractivity contribution in [2.45, 2.75) is 25.9 Å². The predicted molar refractivity (Wildman–Crippen MR) is 163 cm³/mol. The molecule has 0 unspecified atom stereocenters. The molecule has 0 saturated carbocycles. The van der Waals surface area contributed by atoms with E-state index in [-0.39, 0.29) is 23.3 Å². The fourth-order valence-corrected chi connectivity index (χ4v) is 5.55. The standard InChI is InChI=1S/C31H24F3N7O3S/c1-18-4-5-20(14-35-18)24-11-8-21(31(32,33)34)13-25(24)40-28(43)39-22-15-36-29(37-16-22)44-23-9-6-19(7-10-23)26-17-38-30(45-26)41-12-2-3-27(41)42/h4-11,13-17H,2-3,12H2,1H3,(H2,39,40,43). The van der Waals surface area contributed by atoms with Crippen LogP contribution in [0.25, 0.3) is 21.6 Å². The number of nitrogens with one attached hydrogen (secondary N) is 2. The van der Waals surface area contributed by atoms with E-state index in [0.717, 1.165) is 34.7 Å². The number of urea groups is 1. The Kier molecular flexibility index (Phi) is 8.13. The highest BCUT2D eigenvalue weighted by Gasteiger charge is 2.31. The van der Waals surface area contributed by atoms with Gasteiger partial charge in [0, 0.05) is 42.2 Å². The van der Waals surface area contributed by atoms with Crippen LogP contribution < -0.4 is 20.3 Å². The number of alkyl halides is 3. The second-order valence-corrected chi connectivity index (χ2v) is 11.1. The van der Waals surface area contributed by atoms with Crippen LogP contribution in [0.2, 0.25) is 0 Å². The number of rotatable bonds is 7. The summed E-state index contributed by atoms with van der Waals surface area (Å²) in [5.41, 5.74) is 1.80. The number of hydrogen-bond acceptors (Lipinski definition) is 8. The minimum absolute atomic E-state index is 0.0216. The molecule has 2 aromatic carbocycles. The quantitative estimate of drug-likeness (QED) is 0.190. The van der Waals surface area contributed by atoms with Gasteiger partial charge in [-0.15, -0.1) is 0 Å². The fourth-order valence-electron chi connectivity index (χ4n) is 4.59. The van der Waals surface area contributed by atoms with Crippen LogP contribution in [0.15, 0.2) is 79.4 Å². The van der Waals surface area contributed by atoms with Gasteiger partial charge in [0.15, 0.2) is 5.13 Å². The molecule has 6 rings (SSSR count). The Labute approximate surface area is 259 Å². The zero-order valence-electron chi connectivity index (χ0n) is 23.6. The van der Waals surface area contributed by atoms with E-state index in [1.54, 1.807) is 42.3 Å². The van der Waals surface area contributed by atoms with Gasteiger partial charge in [-0.05, 0) is 61.4 Å². The number of amides is 3. The first kappa shape index (κ1) is 29.7. The molecule has 0 bridgehead atoms. The molecule has 1 fully saturated rings. The molecule has 3 amide bonds. The van der Waals surface area contributed by atoms with Gasteiger partial charge in [-0.3, -0.25) is 14.7 Å². The van der Waals surface area contributed by atoms with Gasteiger partial charge in [-0.1, -0.05) is 23.5 Å². The molecule has 0 aliphatic carbocycles. The molecule has 10 nitrogen and oxygen atoms in total. The fraction of sp³-hybridized carbons (Fsp3) is 0.161. The van der Waals surface area contributed by atoms with E-state index in [1.807, 2.05) is 12.1 Å². The molecule has 0 spiro atoms. The number of thiazole rings is 1. The van der Waals surface area contributed by atoms with Crippen molar-refractivity contribution in [2.24, 2.45) is 0 Å². The van der Waals surface area contributed by atoms with E-state index >= 15 is 0 Å². The van der Waals surface area contributed by atoms with Crippen LogP contribution in [0.5, 0.6) is 11.8 Å². The number of halogens is 3. The average Bonchev–Trinajstić information content (AvgIpc) is 3.68. The molecule has 228 valence electrons. The van der Waals surface area contributed by atoms with Crippen LogP contribution in [0.4, 0.5) is 34.5 Å². The molecule has 14 heteroatoms. The highest BCUT2D eigenvalue weighted by Crippen LogP contribution is 2.36. The van der Waals surface area contributed by atoms with E-state index in [4.69, 9.17) is 4.74 Å². The third kappa shape index (κ3) is 6.91. The number of ether oxygens (including phenoxy) is 1. The lowest BCUT2D eigenvalue weighted by atomic mass is 10.0. The van der Waals surface area contributed by atoms with Crippen molar-refractivity contribution in [2.75, 3.05) is 22.1 Å². The second-order valence-electron chi connectivity index (χ2n) is 10.1. The van der Waals surface area contributed by atoms with Crippen LogP contribution in [0, 0.1) is 6.92 Å². The summed E-state index contributed by atoms with van der Waals surface area (Å²) in [6.45, 7) is 2.47. The second kappa shape index (κ2) is 12.3. The Morgan fingerprint density at radius 2 is 1.67 bits per heavy atom. The molecule has 2 N–H and O–H groups in total. The average molecular weight is 632 g/mol. The Hall–Kier alpha value is -5.37. The number of anilines is 3. The van der Waals surface area contributed by atoms with E-state index in [0.29, 0.717) is 35.0 Å². The third-order valence-electron chi connectivity index (χ3n) is 6.85. The van der Waals surface area contributed by atoms with Gasteiger partial charge < -0.3 is 15.4 Å². The minimum Gasteiger partial charge on any atom is -0.424 e. The summed E-state index contributed by atoms with van der Waals surface area (Å²) in [6.07, 6.45) is 2.66. The number of nitrogens with zero attached hydrogens (tertiary/aromatic N) is 5. The van der Waals surface area contributed by atoms with Crippen molar-refractivity contribution in [1.82, 2.24) is 19.9 Å². The number of carbonyl (C=O) groups excluding carboxylic acids is 2. The largest absolute Gasteiger partial charge is 0.424 e. The lowest BCUT2D eigenvalue weighted by Gasteiger charge is -2.15. The zero-order chi connectivity index (χ0) is 31.6. The first-order chi connectivity index (χ1) is 21.6. The van der Waals surface area contributed by atoms with Gasteiger partial charge >= 0.3 is 18.2 Å². The summed E-state index contributed by atoms with van der Waals surface area (Å²) in [7, 11) is 0. The first-order valence-corrected chi connectivity index (χ1v) is 14.5. The van der Waals surface area contributed by atoms with Crippen molar-refractivity contribution >= 4 is 39.8 Å². The molecular formula is C31H24F3N7O3S. The van der Waals surface area contributed by atoms with Crippen molar-refractivity contribution in [3.63, 3.8) is 0 Å². The summed E-state index contributed by atoms with van der Waals surface area (Å²) >= 11 is 1.44. The first-order valence-electron chi connectivity index (χ1n) is 13.7. The smallest absolute Gasteiger partial charge is 0.416 e. The predicted octanol–water partition coefficient (Wildman–Crippen LogP) is 7.55. The number of pyridine rings is 1. The lowest BCUT2D eigenvalue weighted by molar-refractivity contribution is -0.137. The Bertz CT molecular complexity index is 1840. The van der Waals surface area contributed by atoms with Crippen LogP contribution in [-0.2, 0) is 11.0 Å². The van der Waals surface area contributed by atoms with Crippen LogP contribution in [0.3, 0.4) is 0 Å². The van der Waals surface area contributed by atoms with Crippen LogP contribution in [-0.4, -0.2) is 38.4 Å². The molecule has 4 heterocycles.